The molecule has 1 saturated heterocycles. The fourth-order valence-electron chi connectivity index (χ4n) is 1.69. The van der Waals surface area contributed by atoms with Crippen LogP contribution in [0, 0.1) is 0 Å². The molecule has 0 atom stereocenters. The fraction of sp³-hybridized carbons (Fsp3) is 0.333. The zero-order chi connectivity index (χ0) is 14.8. The van der Waals surface area contributed by atoms with Gasteiger partial charge in [-0.25, -0.2) is 4.79 Å². The summed E-state index contributed by atoms with van der Waals surface area (Å²) in [5.41, 5.74) is 0.825. The largest absolute Gasteiger partial charge is 0.462 e. The van der Waals surface area contributed by atoms with E-state index in [-0.39, 0.29) is 23.1 Å². The molecule has 3 heterocycles. The van der Waals surface area contributed by atoms with Gasteiger partial charge in [0.05, 0.1) is 24.7 Å². The van der Waals surface area contributed by atoms with Gasteiger partial charge in [0.1, 0.15) is 19.0 Å². The quantitative estimate of drug-likeness (QED) is 0.649. The van der Waals surface area contributed by atoms with Gasteiger partial charge in [-0.3, -0.25) is 9.89 Å². The maximum absolute atomic E-state index is 12.0. The first-order chi connectivity index (χ1) is 10.2. The van der Waals surface area contributed by atoms with Crippen LogP contribution in [0.2, 0.25) is 5.15 Å². The average molecular weight is 310 g/mol. The Bertz CT molecular complexity index is 642. The van der Waals surface area contributed by atoms with E-state index in [0.717, 1.165) is 5.70 Å². The Labute approximate surface area is 125 Å². The molecule has 2 aliphatic rings. The summed E-state index contributed by atoms with van der Waals surface area (Å²) in [7, 11) is 0. The van der Waals surface area contributed by atoms with Crippen molar-refractivity contribution in [3.05, 3.63) is 22.6 Å². The minimum Gasteiger partial charge on any atom is -0.462 e. The molecule has 0 radical (unpaired) electrons. The predicted molar refractivity (Wildman–Crippen MR) is 76.5 cm³/mol. The lowest BCUT2D eigenvalue weighted by Gasteiger charge is -2.31. The summed E-state index contributed by atoms with van der Waals surface area (Å²) in [6, 6.07) is 0. The Kier molecular flexibility index (Phi) is 3.72. The highest BCUT2D eigenvalue weighted by Crippen LogP contribution is 2.28. The molecule has 0 spiro atoms. The number of hydrogen-bond donors (Lipinski definition) is 1. The number of esters is 1. The third-order valence-electron chi connectivity index (χ3n) is 2.80. The summed E-state index contributed by atoms with van der Waals surface area (Å²) in [5, 5.41) is 3.01. The monoisotopic (exact) mass is 309 g/mol. The van der Waals surface area contributed by atoms with E-state index in [2.05, 4.69) is 20.3 Å². The van der Waals surface area contributed by atoms with Gasteiger partial charge >= 0.3 is 5.97 Å². The van der Waals surface area contributed by atoms with Crippen LogP contribution >= 0.6 is 11.6 Å². The van der Waals surface area contributed by atoms with Gasteiger partial charge in [0.25, 0.3) is 0 Å². The Morgan fingerprint density at radius 3 is 2.81 bits per heavy atom. The number of allylic oxidation sites excluding steroid dienone is 1. The molecule has 0 aliphatic carbocycles. The number of hydrogen-bond acceptors (Lipinski definition) is 8. The zero-order valence-corrected chi connectivity index (χ0v) is 11.9. The molecule has 1 aromatic heterocycles. The molecule has 0 aromatic carbocycles. The van der Waals surface area contributed by atoms with Gasteiger partial charge in [-0.15, -0.1) is 0 Å². The maximum atomic E-state index is 12.0. The Morgan fingerprint density at radius 1 is 1.52 bits per heavy atom. The van der Waals surface area contributed by atoms with Crippen LogP contribution in [0.3, 0.4) is 0 Å². The van der Waals surface area contributed by atoms with E-state index in [1.807, 2.05) is 0 Å². The van der Waals surface area contributed by atoms with Crippen molar-refractivity contribution in [3.63, 3.8) is 0 Å². The van der Waals surface area contributed by atoms with Crippen LogP contribution < -0.4 is 10.2 Å². The highest BCUT2D eigenvalue weighted by molar-refractivity contribution is 6.33. The molecule has 110 valence electrons. The molecule has 1 N–H and O–H groups in total. The standard InChI is InChI=1S/C12H12ClN5O3/c1-2-21-11(19)8-9(13)16-12(18-5-20-6-18)17-10(8)15-7-3-14-4-7/h3-4H,2,5-6H2,1H3,(H,15,16,17). The molecule has 0 saturated carbocycles. The first kappa shape index (κ1) is 13.8. The lowest BCUT2D eigenvalue weighted by Crippen LogP contribution is -2.41. The molecule has 21 heavy (non-hydrogen) atoms. The zero-order valence-electron chi connectivity index (χ0n) is 11.2. The molecule has 3 rings (SSSR count). The van der Waals surface area contributed by atoms with Gasteiger partial charge < -0.3 is 14.8 Å². The first-order valence-corrected chi connectivity index (χ1v) is 6.64. The molecule has 2 aliphatic heterocycles. The smallest absolute Gasteiger partial charge is 0.345 e. The number of aromatic nitrogens is 2. The Hall–Kier alpha value is -2.19. The molecule has 8 nitrogen and oxygen atoms in total. The number of nitrogens with one attached hydrogen (secondary N) is 1. The second kappa shape index (κ2) is 5.66. The molecule has 1 aromatic rings. The summed E-state index contributed by atoms with van der Waals surface area (Å²) in [4.78, 5) is 26.1. The second-order valence-corrected chi connectivity index (χ2v) is 4.61. The summed E-state index contributed by atoms with van der Waals surface area (Å²) in [5.74, 6) is 0.0969. The third-order valence-corrected chi connectivity index (χ3v) is 3.07. The highest BCUT2D eigenvalue weighted by atomic mass is 35.5. The van der Waals surface area contributed by atoms with E-state index in [1.165, 1.54) is 0 Å². The third kappa shape index (κ3) is 2.67. The predicted octanol–water partition coefficient (Wildman–Crippen LogP) is 1.40. The van der Waals surface area contributed by atoms with Crippen LogP contribution in [-0.2, 0) is 9.47 Å². The van der Waals surface area contributed by atoms with Crippen molar-refractivity contribution in [1.82, 2.24) is 9.97 Å². The number of ether oxygens (including phenoxy) is 2. The van der Waals surface area contributed by atoms with Crippen molar-refractivity contribution in [2.24, 2.45) is 4.99 Å². The first-order valence-electron chi connectivity index (χ1n) is 6.26. The fourth-order valence-corrected chi connectivity index (χ4v) is 1.93. The molecule has 1 fully saturated rings. The summed E-state index contributed by atoms with van der Waals surface area (Å²) < 4.78 is 10.0. The highest BCUT2D eigenvalue weighted by Gasteiger charge is 2.26. The lowest BCUT2D eigenvalue weighted by molar-refractivity contribution is 0.0385. The van der Waals surface area contributed by atoms with Gasteiger partial charge in [-0.05, 0) is 6.92 Å². The number of carbonyl (C=O) groups excluding carboxylic acids is 1. The number of rotatable bonds is 5. The Morgan fingerprint density at radius 2 is 2.29 bits per heavy atom. The van der Waals surface area contributed by atoms with Crippen molar-refractivity contribution in [3.8, 4) is 0 Å². The molecule has 0 bridgehead atoms. The SMILES string of the molecule is CCOC(=O)c1c(Cl)nc(N2COC2)nc1NC1=CN=C1. The summed E-state index contributed by atoms with van der Waals surface area (Å²) >= 11 is 6.12. The summed E-state index contributed by atoms with van der Waals surface area (Å²) in [6.45, 7) is 2.73. The van der Waals surface area contributed by atoms with Gasteiger partial charge in [0.15, 0.2) is 11.0 Å². The van der Waals surface area contributed by atoms with Crippen molar-refractivity contribution >= 4 is 35.6 Å². The van der Waals surface area contributed by atoms with Crippen molar-refractivity contribution in [1.29, 1.82) is 0 Å². The normalized spacial score (nSPS) is 15.9. The van der Waals surface area contributed by atoms with E-state index in [0.29, 0.717) is 19.4 Å². The van der Waals surface area contributed by atoms with Crippen molar-refractivity contribution < 1.29 is 14.3 Å². The average Bonchev–Trinajstić information content (AvgIpc) is 2.31. The number of halogens is 1. The van der Waals surface area contributed by atoms with Gasteiger partial charge in [0.2, 0.25) is 5.95 Å². The molecular formula is C12H12ClN5O3. The Balaban J connectivity index is 1.97. The topological polar surface area (TPSA) is 88.9 Å². The molecule has 9 heteroatoms. The van der Waals surface area contributed by atoms with Gasteiger partial charge in [-0.2, -0.15) is 9.97 Å². The second-order valence-electron chi connectivity index (χ2n) is 4.25. The van der Waals surface area contributed by atoms with Crippen LogP contribution in [0.1, 0.15) is 17.3 Å². The maximum Gasteiger partial charge on any atom is 0.345 e. The molecular weight excluding hydrogens is 298 g/mol. The number of nitrogens with zero attached hydrogens (tertiary/aromatic N) is 4. The van der Waals surface area contributed by atoms with Crippen molar-refractivity contribution in [2.45, 2.75) is 6.92 Å². The number of aliphatic imine (C=N–C) groups is 1. The van der Waals surface area contributed by atoms with E-state index >= 15 is 0 Å². The van der Waals surface area contributed by atoms with Crippen LogP contribution in [0.4, 0.5) is 11.8 Å². The number of anilines is 2. The van der Waals surface area contributed by atoms with Crippen LogP contribution in [0.15, 0.2) is 16.9 Å². The van der Waals surface area contributed by atoms with E-state index < -0.39 is 5.97 Å². The van der Waals surface area contributed by atoms with E-state index in [9.17, 15) is 4.79 Å². The minimum absolute atomic E-state index is 0.0321. The molecule has 0 unspecified atom stereocenters. The van der Waals surface area contributed by atoms with Crippen molar-refractivity contribution in [2.75, 3.05) is 30.3 Å². The van der Waals surface area contributed by atoms with Crippen LogP contribution in [0.25, 0.3) is 0 Å². The van der Waals surface area contributed by atoms with Crippen LogP contribution in [-0.4, -0.2) is 42.2 Å². The van der Waals surface area contributed by atoms with Crippen LogP contribution in [0.5, 0.6) is 0 Å². The lowest BCUT2D eigenvalue weighted by atomic mass is 10.3. The molecule has 0 amide bonds. The van der Waals surface area contributed by atoms with Gasteiger partial charge in [0, 0.05) is 0 Å². The van der Waals surface area contributed by atoms with Gasteiger partial charge in [-0.1, -0.05) is 11.6 Å². The van der Waals surface area contributed by atoms with E-state index in [4.69, 9.17) is 21.1 Å². The van der Waals surface area contributed by atoms with E-state index in [1.54, 1.807) is 24.2 Å². The summed E-state index contributed by atoms with van der Waals surface area (Å²) in [6.07, 6.45) is 3.22. The number of carbonyl (C=O) groups is 1. The minimum atomic E-state index is -0.576.